The molecule has 2 unspecified atom stereocenters. The summed E-state index contributed by atoms with van der Waals surface area (Å²) >= 11 is 0. The second-order valence-electron chi connectivity index (χ2n) is 3.66. The first-order valence-electron chi connectivity index (χ1n) is 4.64. The third-order valence-corrected chi connectivity index (χ3v) is 2.91. The van der Waals surface area contributed by atoms with Crippen LogP contribution in [-0.4, -0.2) is 0 Å². The first kappa shape index (κ1) is 8.10. The summed E-state index contributed by atoms with van der Waals surface area (Å²) in [6.07, 6.45) is 8.40. The molecule has 0 aromatic rings. The van der Waals surface area contributed by atoms with Crippen molar-refractivity contribution in [3.8, 4) is 0 Å². The van der Waals surface area contributed by atoms with Crippen LogP contribution in [-0.2, 0) is 0 Å². The summed E-state index contributed by atoms with van der Waals surface area (Å²) in [5.41, 5.74) is 0. The second-order valence-corrected chi connectivity index (χ2v) is 3.66. The van der Waals surface area contributed by atoms with E-state index in [9.17, 15) is 0 Å². The Kier molecular flexibility index (Phi) is 3.24. The summed E-state index contributed by atoms with van der Waals surface area (Å²) in [5.74, 6) is 1.88. The van der Waals surface area contributed by atoms with Crippen LogP contribution in [0.5, 0.6) is 0 Å². The van der Waals surface area contributed by atoms with Crippen LogP contribution in [0, 0.1) is 18.8 Å². The van der Waals surface area contributed by atoms with E-state index < -0.39 is 0 Å². The van der Waals surface area contributed by atoms with Crippen LogP contribution in [0.3, 0.4) is 0 Å². The number of hydrogen-bond acceptors (Lipinski definition) is 0. The van der Waals surface area contributed by atoms with E-state index >= 15 is 0 Å². The molecule has 0 bridgehead atoms. The Hall–Kier alpha value is 0. The van der Waals surface area contributed by atoms with E-state index in [1.165, 1.54) is 32.1 Å². The van der Waals surface area contributed by atoms with Gasteiger partial charge in [-0.3, -0.25) is 0 Å². The Morgan fingerprint density at radius 3 is 2.60 bits per heavy atom. The van der Waals surface area contributed by atoms with Crippen molar-refractivity contribution in [2.24, 2.45) is 11.8 Å². The molecule has 0 nitrogen and oxygen atoms in total. The van der Waals surface area contributed by atoms with Crippen molar-refractivity contribution >= 4 is 0 Å². The predicted octanol–water partition coefficient (Wildman–Crippen LogP) is 3.43. The average molecular weight is 139 g/mol. The van der Waals surface area contributed by atoms with Crippen molar-refractivity contribution in [3.05, 3.63) is 6.92 Å². The van der Waals surface area contributed by atoms with Crippen LogP contribution >= 0.6 is 0 Å². The first-order valence-corrected chi connectivity index (χ1v) is 4.64. The highest BCUT2D eigenvalue weighted by molar-refractivity contribution is 4.71. The molecule has 0 N–H and O–H groups in total. The van der Waals surface area contributed by atoms with E-state index in [2.05, 4.69) is 13.8 Å². The molecule has 1 radical (unpaired) electrons. The highest BCUT2D eigenvalue weighted by Gasteiger charge is 2.17. The molecule has 0 aromatic heterocycles. The van der Waals surface area contributed by atoms with Crippen molar-refractivity contribution in [2.75, 3.05) is 0 Å². The molecule has 1 aliphatic rings. The third kappa shape index (κ3) is 2.00. The maximum absolute atomic E-state index is 4.00. The molecule has 1 aliphatic carbocycles. The Morgan fingerprint density at radius 2 is 1.90 bits per heavy atom. The van der Waals surface area contributed by atoms with Gasteiger partial charge < -0.3 is 0 Å². The zero-order chi connectivity index (χ0) is 7.40. The van der Waals surface area contributed by atoms with Gasteiger partial charge in [0.15, 0.2) is 0 Å². The van der Waals surface area contributed by atoms with Gasteiger partial charge in [0.05, 0.1) is 0 Å². The van der Waals surface area contributed by atoms with Crippen molar-refractivity contribution in [2.45, 2.75) is 45.4 Å². The van der Waals surface area contributed by atoms with E-state index in [0.29, 0.717) is 0 Å². The Labute approximate surface area is 65.0 Å². The van der Waals surface area contributed by atoms with Gasteiger partial charge in [-0.25, -0.2) is 0 Å². The highest BCUT2D eigenvalue weighted by Crippen LogP contribution is 2.29. The lowest BCUT2D eigenvalue weighted by atomic mass is 9.88. The smallest absolute Gasteiger partial charge is 0.0388 e. The van der Waals surface area contributed by atoms with Crippen LogP contribution in [0.2, 0.25) is 0 Å². The zero-order valence-electron chi connectivity index (χ0n) is 7.10. The number of rotatable bonds is 1. The van der Waals surface area contributed by atoms with E-state index in [-0.39, 0.29) is 0 Å². The highest BCUT2D eigenvalue weighted by atomic mass is 14.2. The molecular formula is C10H19. The maximum Gasteiger partial charge on any atom is -0.0388 e. The van der Waals surface area contributed by atoms with Gasteiger partial charge in [0.25, 0.3) is 0 Å². The fourth-order valence-electron chi connectivity index (χ4n) is 2.00. The zero-order valence-corrected chi connectivity index (χ0v) is 7.10. The molecule has 1 rings (SSSR count). The van der Waals surface area contributed by atoms with Gasteiger partial charge in [-0.2, -0.15) is 0 Å². The van der Waals surface area contributed by atoms with Crippen molar-refractivity contribution in [1.29, 1.82) is 0 Å². The molecule has 0 aromatic carbocycles. The van der Waals surface area contributed by atoms with Crippen LogP contribution < -0.4 is 0 Å². The molecule has 0 saturated heterocycles. The van der Waals surface area contributed by atoms with Crippen LogP contribution in [0.1, 0.15) is 45.4 Å². The summed E-state index contributed by atoms with van der Waals surface area (Å²) in [4.78, 5) is 0. The summed E-state index contributed by atoms with van der Waals surface area (Å²) in [5, 5.41) is 0. The lowest BCUT2D eigenvalue weighted by Crippen LogP contribution is -2.08. The maximum atomic E-state index is 4.00. The Morgan fingerprint density at radius 1 is 1.20 bits per heavy atom. The van der Waals surface area contributed by atoms with Crippen LogP contribution in [0.4, 0.5) is 0 Å². The van der Waals surface area contributed by atoms with Crippen molar-refractivity contribution in [3.63, 3.8) is 0 Å². The fourth-order valence-corrected chi connectivity index (χ4v) is 2.00. The normalized spacial score (nSPS) is 35.4. The van der Waals surface area contributed by atoms with Gasteiger partial charge in [-0.1, -0.05) is 52.4 Å². The molecule has 2 atom stereocenters. The summed E-state index contributed by atoms with van der Waals surface area (Å²) < 4.78 is 0. The molecule has 0 heterocycles. The van der Waals surface area contributed by atoms with E-state index in [1.807, 2.05) is 0 Å². The number of hydrogen-bond donors (Lipinski definition) is 0. The monoisotopic (exact) mass is 139 g/mol. The second kappa shape index (κ2) is 4.00. The van der Waals surface area contributed by atoms with Gasteiger partial charge in [-0.15, -0.1) is 0 Å². The third-order valence-electron chi connectivity index (χ3n) is 2.91. The van der Waals surface area contributed by atoms with E-state index in [4.69, 9.17) is 0 Å². The van der Waals surface area contributed by atoms with Crippen molar-refractivity contribution < 1.29 is 0 Å². The SMILES string of the molecule is [CH2]CC1CCCCCC1C. The van der Waals surface area contributed by atoms with Gasteiger partial charge in [0, 0.05) is 0 Å². The summed E-state index contributed by atoms with van der Waals surface area (Å²) in [6.45, 7) is 6.39. The Bertz CT molecular complexity index is 86.0. The topological polar surface area (TPSA) is 0 Å². The molecule has 1 fully saturated rings. The minimum atomic E-state index is 0.933. The first-order chi connectivity index (χ1) is 4.84. The molecule has 1 saturated carbocycles. The summed E-state index contributed by atoms with van der Waals surface area (Å²) in [7, 11) is 0. The summed E-state index contributed by atoms with van der Waals surface area (Å²) in [6, 6.07) is 0. The standard InChI is InChI=1S/C10H19/c1-3-10-8-6-4-5-7-9(10)2/h9-10H,1,3-8H2,2H3. The molecule has 0 amide bonds. The largest absolute Gasteiger partial charge is 0.0622 e. The Balaban J connectivity index is 2.35. The fraction of sp³-hybridized carbons (Fsp3) is 0.900. The lowest BCUT2D eigenvalue weighted by molar-refractivity contribution is 0.340. The minimum absolute atomic E-state index is 0.933. The molecule has 59 valence electrons. The van der Waals surface area contributed by atoms with Crippen molar-refractivity contribution in [1.82, 2.24) is 0 Å². The van der Waals surface area contributed by atoms with Crippen LogP contribution in [0.25, 0.3) is 0 Å². The predicted molar refractivity (Wildman–Crippen MR) is 45.7 cm³/mol. The molecule has 0 aliphatic heterocycles. The quantitative estimate of drug-likeness (QED) is 0.488. The van der Waals surface area contributed by atoms with Gasteiger partial charge in [0.1, 0.15) is 0 Å². The van der Waals surface area contributed by atoms with Gasteiger partial charge >= 0.3 is 0 Å². The van der Waals surface area contributed by atoms with E-state index in [1.54, 1.807) is 0 Å². The lowest BCUT2D eigenvalue weighted by Gasteiger charge is -2.18. The molecule has 0 heteroatoms. The average Bonchev–Trinajstić information content (AvgIpc) is 2.13. The minimum Gasteiger partial charge on any atom is -0.0622 e. The van der Waals surface area contributed by atoms with Gasteiger partial charge in [0.2, 0.25) is 0 Å². The molecule has 0 spiro atoms. The molecule has 10 heavy (non-hydrogen) atoms. The van der Waals surface area contributed by atoms with E-state index in [0.717, 1.165) is 18.3 Å². The molecular weight excluding hydrogens is 120 g/mol. The van der Waals surface area contributed by atoms with Crippen LogP contribution in [0.15, 0.2) is 0 Å². The van der Waals surface area contributed by atoms with Gasteiger partial charge in [-0.05, 0) is 11.8 Å².